The van der Waals surface area contributed by atoms with Gasteiger partial charge in [-0.2, -0.15) is 4.39 Å². The van der Waals surface area contributed by atoms with Crippen LogP contribution in [-0.4, -0.2) is 23.2 Å². The average Bonchev–Trinajstić information content (AvgIpc) is 2.19. The van der Waals surface area contributed by atoms with Crippen LogP contribution in [0.3, 0.4) is 0 Å². The minimum atomic E-state index is -1.70. The maximum Gasteiger partial charge on any atom is 0.339 e. The Kier molecular flexibility index (Phi) is 3.38. The minimum absolute atomic E-state index is 0.129. The monoisotopic (exact) mass is 219 g/mol. The molecule has 0 spiro atoms. The molecule has 0 aliphatic rings. The van der Waals surface area contributed by atoms with Crippen molar-refractivity contribution >= 4 is 17.6 Å². The van der Waals surface area contributed by atoms with Crippen molar-refractivity contribution in [1.82, 2.24) is 4.98 Å². The molecule has 0 amide bonds. The molecule has 0 saturated heterocycles. The highest BCUT2D eigenvalue weighted by Crippen LogP contribution is 2.20. The lowest BCUT2D eigenvalue weighted by Gasteiger charge is -2.08. The Bertz CT molecular complexity index is 358. The van der Waals surface area contributed by atoms with Gasteiger partial charge in [-0.15, -0.1) is 0 Å². The summed E-state index contributed by atoms with van der Waals surface area (Å²) in [5.74, 6) is -1.92. The van der Waals surface area contributed by atoms with E-state index in [0.29, 0.717) is 0 Å². The van der Waals surface area contributed by atoms with Crippen LogP contribution in [0.1, 0.15) is 11.7 Å². The van der Waals surface area contributed by atoms with Gasteiger partial charge in [-0.25, -0.2) is 9.78 Å². The second-order valence-electron chi connectivity index (χ2n) is 2.46. The molecule has 6 heteroatoms. The van der Waals surface area contributed by atoms with Crippen molar-refractivity contribution in [3.63, 3.8) is 0 Å². The molecule has 1 aromatic rings. The highest BCUT2D eigenvalue weighted by atomic mass is 35.5. The molecule has 1 heterocycles. The summed E-state index contributed by atoms with van der Waals surface area (Å²) >= 11 is 5.52. The Morgan fingerprint density at radius 1 is 1.79 bits per heavy atom. The lowest BCUT2D eigenvalue weighted by atomic mass is 10.1. The van der Waals surface area contributed by atoms with E-state index in [0.717, 1.165) is 19.4 Å². The van der Waals surface area contributed by atoms with Crippen LogP contribution in [0, 0.1) is 5.95 Å². The van der Waals surface area contributed by atoms with Crippen molar-refractivity contribution in [3.05, 3.63) is 28.8 Å². The summed E-state index contributed by atoms with van der Waals surface area (Å²) in [4.78, 5) is 14.1. The van der Waals surface area contributed by atoms with E-state index < -0.39 is 18.0 Å². The van der Waals surface area contributed by atoms with Crippen molar-refractivity contribution in [1.29, 1.82) is 0 Å². The number of carbonyl (C=O) groups is 1. The zero-order valence-corrected chi connectivity index (χ0v) is 7.95. The molecule has 1 N–H and O–H groups in total. The first-order valence-electron chi connectivity index (χ1n) is 3.63. The molecule has 0 aliphatic carbocycles. The number of aliphatic hydroxyl groups excluding tert-OH is 1. The normalized spacial score (nSPS) is 12.3. The van der Waals surface area contributed by atoms with Crippen LogP contribution in [0.25, 0.3) is 0 Å². The molecule has 1 rings (SSSR count). The molecule has 1 aromatic heterocycles. The SMILES string of the molecule is COC(=O)C(O)c1cc(Cl)cnc1F. The number of hydrogen-bond donors (Lipinski definition) is 1. The Morgan fingerprint density at radius 2 is 2.43 bits per heavy atom. The Balaban J connectivity index is 3.05. The van der Waals surface area contributed by atoms with E-state index >= 15 is 0 Å². The minimum Gasteiger partial charge on any atom is -0.467 e. The fourth-order valence-electron chi connectivity index (χ4n) is 0.869. The van der Waals surface area contributed by atoms with Crippen LogP contribution >= 0.6 is 11.6 Å². The number of carbonyl (C=O) groups excluding carboxylic acids is 1. The van der Waals surface area contributed by atoms with Gasteiger partial charge in [0.25, 0.3) is 0 Å². The summed E-state index contributed by atoms with van der Waals surface area (Å²) in [6, 6.07) is 1.12. The number of esters is 1. The summed E-state index contributed by atoms with van der Waals surface area (Å²) in [5, 5.41) is 9.41. The first kappa shape index (κ1) is 10.9. The van der Waals surface area contributed by atoms with E-state index in [9.17, 15) is 14.3 Å². The Hall–Kier alpha value is -1.20. The molecule has 4 nitrogen and oxygen atoms in total. The Morgan fingerprint density at radius 3 is 3.00 bits per heavy atom. The number of aromatic nitrogens is 1. The molecule has 1 atom stereocenters. The largest absolute Gasteiger partial charge is 0.467 e. The maximum absolute atomic E-state index is 13.0. The molecule has 0 saturated carbocycles. The van der Waals surface area contributed by atoms with Gasteiger partial charge in [0.05, 0.1) is 12.1 Å². The number of rotatable bonds is 2. The van der Waals surface area contributed by atoms with Crippen LogP contribution in [0.2, 0.25) is 5.02 Å². The average molecular weight is 220 g/mol. The van der Waals surface area contributed by atoms with E-state index in [-0.39, 0.29) is 10.6 Å². The second kappa shape index (κ2) is 4.34. The fraction of sp³-hybridized carbons (Fsp3) is 0.250. The van der Waals surface area contributed by atoms with Crippen LogP contribution in [0.4, 0.5) is 4.39 Å². The van der Waals surface area contributed by atoms with Crippen LogP contribution in [0.15, 0.2) is 12.3 Å². The number of hydrogen-bond acceptors (Lipinski definition) is 4. The molecule has 0 aliphatic heterocycles. The van der Waals surface area contributed by atoms with Gasteiger partial charge in [-0.1, -0.05) is 11.6 Å². The molecule has 0 fully saturated rings. The van der Waals surface area contributed by atoms with E-state index in [4.69, 9.17) is 11.6 Å². The number of nitrogens with zero attached hydrogens (tertiary/aromatic N) is 1. The first-order chi connectivity index (χ1) is 6.56. The third-order valence-corrected chi connectivity index (χ3v) is 1.76. The quantitative estimate of drug-likeness (QED) is 0.597. The third kappa shape index (κ3) is 2.18. The van der Waals surface area contributed by atoms with E-state index in [1.165, 1.54) is 0 Å². The summed E-state index contributed by atoms with van der Waals surface area (Å²) in [6.07, 6.45) is -0.629. The van der Waals surface area contributed by atoms with Gasteiger partial charge >= 0.3 is 5.97 Å². The number of methoxy groups -OCH3 is 1. The number of aliphatic hydroxyl groups is 1. The zero-order valence-electron chi connectivity index (χ0n) is 7.20. The molecule has 1 unspecified atom stereocenters. The van der Waals surface area contributed by atoms with Gasteiger partial charge in [0.1, 0.15) is 0 Å². The smallest absolute Gasteiger partial charge is 0.339 e. The summed E-state index contributed by atoms with van der Waals surface area (Å²) in [7, 11) is 1.08. The molecule has 0 aromatic carbocycles. The van der Waals surface area contributed by atoms with Gasteiger partial charge in [-0.3, -0.25) is 0 Å². The van der Waals surface area contributed by atoms with E-state index in [1.54, 1.807) is 0 Å². The van der Waals surface area contributed by atoms with E-state index in [2.05, 4.69) is 9.72 Å². The van der Waals surface area contributed by atoms with Crippen LogP contribution < -0.4 is 0 Å². The molecule has 76 valence electrons. The van der Waals surface area contributed by atoms with Gasteiger partial charge in [-0.05, 0) is 6.07 Å². The van der Waals surface area contributed by atoms with Crippen LogP contribution in [0.5, 0.6) is 0 Å². The van der Waals surface area contributed by atoms with Gasteiger partial charge in [0, 0.05) is 11.8 Å². The number of pyridine rings is 1. The Labute approximate surface area is 84.3 Å². The van der Waals surface area contributed by atoms with Crippen molar-refractivity contribution in [2.75, 3.05) is 7.11 Å². The van der Waals surface area contributed by atoms with Crippen molar-refractivity contribution in [3.8, 4) is 0 Å². The molecular formula is C8H7ClFNO3. The van der Waals surface area contributed by atoms with Crippen molar-refractivity contribution in [2.24, 2.45) is 0 Å². The van der Waals surface area contributed by atoms with Crippen molar-refractivity contribution < 1.29 is 19.0 Å². The zero-order chi connectivity index (χ0) is 10.7. The maximum atomic E-state index is 13.0. The lowest BCUT2D eigenvalue weighted by molar-refractivity contribution is -0.150. The third-order valence-electron chi connectivity index (χ3n) is 1.55. The topological polar surface area (TPSA) is 59.4 Å². The first-order valence-corrected chi connectivity index (χ1v) is 4.01. The van der Waals surface area contributed by atoms with Crippen molar-refractivity contribution in [2.45, 2.75) is 6.10 Å². The molecule has 0 bridgehead atoms. The van der Waals surface area contributed by atoms with E-state index in [1.807, 2.05) is 0 Å². The number of halogens is 2. The fourth-order valence-corrected chi connectivity index (χ4v) is 1.03. The molecule has 14 heavy (non-hydrogen) atoms. The van der Waals surface area contributed by atoms with Gasteiger partial charge in [0.2, 0.25) is 5.95 Å². The molecular weight excluding hydrogens is 213 g/mol. The van der Waals surface area contributed by atoms with Gasteiger partial charge < -0.3 is 9.84 Å². The lowest BCUT2D eigenvalue weighted by Crippen LogP contribution is -2.15. The molecule has 0 radical (unpaired) electrons. The highest BCUT2D eigenvalue weighted by molar-refractivity contribution is 6.30. The second-order valence-corrected chi connectivity index (χ2v) is 2.90. The van der Waals surface area contributed by atoms with Crippen LogP contribution in [-0.2, 0) is 9.53 Å². The summed E-state index contributed by atoms with van der Waals surface area (Å²) < 4.78 is 17.2. The highest BCUT2D eigenvalue weighted by Gasteiger charge is 2.22. The predicted molar refractivity (Wildman–Crippen MR) is 46.2 cm³/mol. The summed E-state index contributed by atoms with van der Waals surface area (Å²) in [6.45, 7) is 0. The summed E-state index contributed by atoms with van der Waals surface area (Å²) in [5.41, 5.74) is -0.302. The van der Waals surface area contributed by atoms with Gasteiger partial charge in [0.15, 0.2) is 6.10 Å². The number of ether oxygens (including phenoxy) is 1. The standard InChI is InChI=1S/C8H7ClFNO3/c1-14-8(13)6(12)5-2-4(9)3-11-7(5)10/h2-3,6,12H,1H3. The predicted octanol–water partition coefficient (Wildman–Crippen LogP) is 1.08.